The van der Waals surface area contributed by atoms with E-state index >= 15 is 0 Å². The first-order valence-electron chi connectivity index (χ1n) is 6.64. The Bertz CT molecular complexity index is 413. The van der Waals surface area contributed by atoms with Gasteiger partial charge in [0.1, 0.15) is 0 Å². The topological polar surface area (TPSA) is 61.0 Å². The van der Waals surface area contributed by atoms with Gasteiger partial charge in [-0.25, -0.2) is 0 Å². The van der Waals surface area contributed by atoms with E-state index in [1.807, 2.05) is 32.0 Å². The molecule has 4 N–H and O–H groups in total. The fourth-order valence-corrected chi connectivity index (χ4v) is 1.95. The van der Waals surface area contributed by atoms with Crippen molar-refractivity contribution in [3.05, 3.63) is 29.6 Å². The average Bonchev–Trinajstić information content (AvgIpc) is 2.44. The summed E-state index contributed by atoms with van der Waals surface area (Å²) in [7, 11) is 0. The third-order valence-electron chi connectivity index (χ3n) is 2.40. The van der Waals surface area contributed by atoms with Crippen molar-refractivity contribution in [1.29, 1.82) is 0 Å². The Morgan fingerprint density at radius 3 is 1.75 bits per heavy atom. The molecule has 0 amide bonds. The molecule has 0 bridgehead atoms. The Hall–Kier alpha value is -1.47. The lowest BCUT2D eigenvalue weighted by molar-refractivity contribution is 0.793. The minimum atomic E-state index is 0.608. The van der Waals surface area contributed by atoms with E-state index in [9.17, 15) is 0 Å². The van der Waals surface area contributed by atoms with Crippen LogP contribution in [-0.2, 0) is 13.1 Å². The minimum Gasteiger partial charge on any atom is -0.363 e. The zero-order valence-electron chi connectivity index (χ0n) is 11.8. The van der Waals surface area contributed by atoms with E-state index in [4.69, 9.17) is 24.4 Å². The maximum Gasteiger partial charge on any atom is 0.166 e. The monoisotopic (exact) mass is 311 g/mol. The van der Waals surface area contributed by atoms with Gasteiger partial charge in [-0.3, -0.25) is 4.98 Å². The van der Waals surface area contributed by atoms with Crippen LogP contribution in [0.15, 0.2) is 18.2 Å². The third kappa shape index (κ3) is 6.63. The summed E-state index contributed by atoms with van der Waals surface area (Å²) in [5.41, 5.74) is 1.89. The predicted molar refractivity (Wildman–Crippen MR) is 90.5 cm³/mol. The summed E-state index contributed by atoms with van der Waals surface area (Å²) in [4.78, 5) is 4.54. The van der Waals surface area contributed by atoms with Crippen molar-refractivity contribution >= 4 is 34.7 Å². The molecule has 110 valence electrons. The lowest BCUT2D eigenvalue weighted by Gasteiger charge is -2.11. The number of thiocarbonyl (C=S) groups is 2. The lowest BCUT2D eigenvalue weighted by Crippen LogP contribution is -2.35. The fourth-order valence-electron chi connectivity index (χ4n) is 1.51. The lowest BCUT2D eigenvalue weighted by atomic mass is 10.3. The summed E-state index contributed by atoms with van der Waals surface area (Å²) in [5, 5.41) is 13.6. The second-order valence-corrected chi connectivity index (χ2v) is 4.86. The Morgan fingerprint density at radius 1 is 0.900 bits per heavy atom. The highest BCUT2D eigenvalue weighted by Crippen LogP contribution is 1.99. The number of nitrogens with zero attached hydrogens (tertiary/aromatic N) is 1. The van der Waals surface area contributed by atoms with Gasteiger partial charge in [0.05, 0.1) is 24.5 Å². The summed E-state index contributed by atoms with van der Waals surface area (Å²) in [6, 6.07) is 5.91. The Kier molecular flexibility index (Phi) is 7.82. The largest absolute Gasteiger partial charge is 0.363 e. The molecule has 1 aromatic rings. The molecular weight excluding hydrogens is 290 g/mol. The van der Waals surface area contributed by atoms with Gasteiger partial charge in [-0.15, -0.1) is 0 Å². The molecule has 0 saturated heterocycles. The quantitative estimate of drug-likeness (QED) is 0.586. The first-order valence-corrected chi connectivity index (χ1v) is 7.45. The van der Waals surface area contributed by atoms with Gasteiger partial charge in [-0.05, 0) is 50.4 Å². The molecule has 7 heteroatoms. The maximum atomic E-state index is 5.11. The van der Waals surface area contributed by atoms with E-state index in [2.05, 4.69) is 26.3 Å². The van der Waals surface area contributed by atoms with E-state index < -0.39 is 0 Å². The minimum absolute atomic E-state index is 0.608. The van der Waals surface area contributed by atoms with Crippen LogP contribution in [0.25, 0.3) is 0 Å². The molecule has 0 radical (unpaired) electrons. The second kappa shape index (κ2) is 9.44. The Morgan fingerprint density at radius 2 is 1.35 bits per heavy atom. The van der Waals surface area contributed by atoms with Gasteiger partial charge in [0.2, 0.25) is 0 Å². The smallest absolute Gasteiger partial charge is 0.166 e. The van der Waals surface area contributed by atoms with Crippen molar-refractivity contribution in [3.8, 4) is 0 Å². The van der Waals surface area contributed by atoms with Gasteiger partial charge in [0, 0.05) is 13.1 Å². The SMILES string of the molecule is CCNC(=S)NCc1cccc(CNC(=S)NCC)n1. The molecule has 0 aliphatic carbocycles. The number of nitrogens with one attached hydrogen (secondary N) is 4. The van der Waals surface area contributed by atoms with Crippen molar-refractivity contribution in [2.45, 2.75) is 26.9 Å². The van der Waals surface area contributed by atoms with Gasteiger partial charge >= 0.3 is 0 Å². The summed E-state index contributed by atoms with van der Waals surface area (Å²) in [5.74, 6) is 0. The van der Waals surface area contributed by atoms with E-state index in [1.165, 1.54) is 0 Å². The zero-order chi connectivity index (χ0) is 14.8. The molecule has 1 aromatic heterocycles. The van der Waals surface area contributed by atoms with E-state index in [0.717, 1.165) is 24.5 Å². The number of aromatic nitrogens is 1. The average molecular weight is 311 g/mol. The summed E-state index contributed by atoms with van der Waals surface area (Å²) >= 11 is 10.2. The number of hydrogen-bond donors (Lipinski definition) is 4. The first kappa shape index (κ1) is 16.6. The Labute approximate surface area is 130 Å². The molecule has 0 saturated carbocycles. The molecule has 1 heterocycles. The predicted octanol–water partition coefficient (Wildman–Crippen LogP) is 1.05. The molecule has 0 aromatic carbocycles. The molecular formula is C13H21N5S2. The van der Waals surface area contributed by atoms with Gasteiger partial charge < -0.3 is 21.3 Å². The molecule has 1 rings (SSSR count). The van der Waals surface area contributed by atoms with Gasteiger partial charge in [-0.1, -0.05) is 6.07 Å². The highest BCUT2D eigenvalue weighted by atomic mass is 32.1. The standard InChI is InChI=1S/C13H21N5S2/c1-3-14-12(19)16-8-10-6-5-7-11(18-10)9-17-13(20)15-4-2/h5-7H,3-4,8-9H2,1-2H3,(H2,14,16,19)(H2,15,17,20). The van der Waals surface area contributed by atoms with Crippen LogP contribution in [0, 0.1) is 0 Å². The maximum absolute atomic E-state index is 5.11. The summed E-state index contributed by atoms with van der Waals surface area (Å²) in [6.45, 7) is 6.85. The zero-order valence-corrected chi connectivity index (χ0v) is 13.5. The van der Waals surface area contributed by atoms with Crippen LogP contribution in [-0.4, -0.2) is 28.3 Å². The highest BCUT2D eigenvalue weighted by molar-refractivity contribution is 7.80. The third-order valence-corrected chi connectivity index (χ3v) is 2.98. The van der Waals surface area contributed by atoms with Crippen LogP contribution in [0.1, 0.15) is 25.2 Å². The van der Waals surface area contributed by atoms with Crippen LogP contribution in [0.2, 0.25) is 0 Å². The van der Waals surface area contributed by atoms with Crippen LogP contribution in [0.5, 0.6) is 0 Å². The normalized spacial score (nSPS) is 9.70. The van der Waals surface area contributed by atoms with E-state index in [-0.39, 0.29) is 0 Å². The molecule has 0 aliphatic rings. The molecule has 0 aliphatic heterocycles. The first-order chi connectivity index (χ1) is 9.65. The second-order valence-electron chi connectivity index (χ2n) is 4.05. The molecule has 5 nitrogen and oxygen atoms in total. The van der Waals surface area contributed by atoms with Crippen molar-refractivity contribution in [1.82, 2.24) is 26.3 Å². The van der Waals surface area contributed by atoms with Gasteiger partial charge in [0.15, 0.2) is 10.2 Å². The molecule has 0 atom stereocenters. The summed E-state index contributed by atoms with van der Waals surface area (Å²) < 4.78 is 0. The molecule has 0 fully saturated rings. The van der Waals surface area contributed by atoms with E-state index in [1.54, 1.807) is 0 Å². The summed E-state index contributed by atoms with van der Waals surface area (Å²) in [6.07, 6.45) is 0. The number of pyridine rings is 1. The highest BCUT2D eigenvalue weighted by Gasteiger charge is 2.00. The molecule has 0 unspecified atom stereocenters. The van der Waals surface area contributed by atoms with Crippen LogP contribution in [0.3, 0.4) is 0 Å². The van der Waals surface area contributed by atoms with Gasteiger partial charge in [0.25, 0.3) is 0 Å². The van der Waals surface area contributed by atoms with Crippen molar-refractivity contribution < 1.29 is 0 Å². The van der Waals surface area contributed by atoms with Crippen LogP contribution < -0.4 is 21.3 Å². The van der Waals surface area contributed by atoms with Crippen molar-refractivity contribution in [2.24, 2.45) is 0 Å². The van der Waals surface area contributed by atoms with Crippen molar-refractivity contribution in [2.75, 3.05) is 13.1 Å². The number of rotatable bonds is 6. The van der Waals surface area contributed by atoms with E-state index in [0.29, 0.717) is 23.3 Å². The number of hydrogen-bond acceptors (Lipinski definition) is 3. The van der Waals surface area contributed by atoms with Crippen molar-refractivity contribution in [3.63, 3.8) is 0 Å². The van der Waals surface area contributed by atoms with Gasteiger partial charge in [-0.2, -0.15) is 0 Å². The molecule has 0 spiro atoms. The Balaban J connectivity index is 2.45. The molecule has 20 heavy (non-hydrogen) atoms. The van der Waals surface area contributed by atoms with Crippen LogP contribution in [0.4, 0.5) is 0 Å². The fraction of sp³-hybridized carbons (Fsp3) is 0.462. The van der Waals surface area contributed by atoms with Crippen LogP contribution >= 0.6 is 24.4 Å².